The fourth-order valence-corrected chi connectivity index (χ4v) is 1.39. The number of non-ortho nitro benzene ring substituents is 1. The average Bonchev–Trinajstić information content (AvgIpc) is 2.36. The molecule has 0 radical (unpaired) electrons. The van der Waals surface area contributed by atoms with E-state index in [1.807, 2.05) is 0 Å². The molecule has 0 unspecified atom stereocenters. The Hall–Kier alpha value is -1.00. The molecule has 0 saturated carbocycles. The SMILES string of the molecule is COC(=O)c1cc([N+](=O)[O-])ccc1OC(=O)C(Br)(Br)Br. The van der Waals surface area contributed by atoms with Crippen LogP contribution < -0.4 is 4.74 Å². The van der Waals surface area contributed by atoms with Crippen LogP contribution >= 0.6 is 47.8 Å². The van der Waals surface area contributed by atoms with E-state index < -0.39 is 19.0 Å². The maximum atomic E-state index is 11.7. The third-order valence-corrected chi connectivity index (χ3v) is 2.98. The van der Waals surface area contributed by atoms with Gasteiger partial charge in [0.25, 0.3) is 5.69 Å². The number of nitrogens with zero attached hydrogens (tertiary/aromatic N) is 1. The van der Waals surface area contributed by atoms with Gasteiger partial charge in [-0.1, -0.05) is 0 Å². The Morgan fingerprint density at radius 1 is 1.30 bits per heavy atom. The smallest absolute Gasteiger partial charge is 0.350 e. The molecule has 0 spiro atoms. The standard InChI is InChI=1S/C10H6Br3NO6/c1-19-8(15)6-4-5(14(17)18)2-3-7(6)20-9(16)10(11,12)13/h2-4H,1H3. The minimum atomic E-state index is -1.33. The summed E-state index contributed by atoms with van der Waals surface area (Å²) in [5.41, 5.74) is -0.556. The van der Waals surface area contributed by atoms with Crippen molar-refractivity contribution in [1.82, 2.24) is 0 Å². The molecule has 20 heavy (non-hydrogen) atoms. The van der Waals surface area contributed by atoms with Crippen LogP contribution in [0, 0.1) is 10.1 Å². The van der Waals surface area contributed by atoms with Crippen LogP contribution in [0.1, 0.15) is 10.4 Å². The quantitative estimate of drug-likeness (QED) is 0.219. The molecule has 1 aromatic carbocycles. The normalized spacial score (nSPS) is 10.8. The first-order chi connectivity index (χ1) is 9.16. The molecule has 0 aliphatic heterocycles. The maximum Gasteiger partial charge on any atom is 0.350 e. The largest absolute Gasteiger partial charge is 0.465 e. The number of hydrogen-bond acceptors (Lipinski definition) is 6. The summed E-state index contributed by atoms with van der Waals surface area (Å²) in [4.78, 5) is 33.2. The monoisotopic (exact) mass is 473 g/mol. The molecule has 0 heterocycles. The van der Waals surface area contributed by atoms with Gasteiger partial charge in [-0.2, -0.15) is 0 Å². The van der Waals surface area contributed by atoms with E-state index in [-0.39, 0.29) is 17.0 Å². The Morgan fingerprint density at radius 2 is 1.90 bits per heavy atom. The number of halogens is 3. The Labute approximate surface area is 138 Å². The molecule has 0 aliphatic carbocycles. The van der Waals surface area contributed by atoms with E-state index in [1.54, 1.807) is 0 Å². The molecular weight excluding hydrogens is 470 g/mol. The van der Waals surface area contributed by atoms with Gasteiger partial charge in [0.2, 0.25) is 2.14 Å². The summed E-state index contributed by atoms with van der Waals surface area (Å²) in [6, 6.07) is 3.21. The van der Waals surface area contributed by atoms with Gasteiger partial charge in [-0.25, -0.2) is 9.59 Å². The molecule has 0 bridgehead atoms. The molecule has 7 nitrogen and oxygen atoms in total. The van der Waals surface area contributed by atoms with E-state index in [2.05, 4.69) is 52.5 Å². The number of methoxy groups -OCH3 is 1. The highest BCUT2D eigenvalue weighted by molar-refractivity contribution is 9.40. The summed E-state index contributed by atoms with van der Waals surface area (Å²) in [6.07, 6.45) is 0. The molecule has 1 aromatic rings. The molecule has 0 amide bonds. The third kappa shape index (κ3) is 4.25. The lowest BCUT2D eigenvalue weighted by Crippen LogP contribution is -2.24. The first kappa shape index (κ1) is 17.1. The molecule has 0 saturated heterocycles. The van der Waals surface area contributed by atoms with E-state index in [0.29, 0.717) is 0 Å². The number of ether oxygens (including phenoxy) is 2. The Morgan fingerprint density at radius 3 is 2.35 bits per heavy atom. The van der Waals surface area contributed by atoms with Crippen molar-refractivity contribution < 1.29 is 24.0 Å². The minimum Gasteiger partial charge on any atom is -0.465 e. The molecule has 0 aromatic heterocycles. The summed E-state index contributed by atoms with van der Waals surface area (Å²) in [5, 5.41) is 10.7. The summed E-state index contributed by atoms with van der Waals surface area (Å²) in [5.74, 6) is -1.83. The van der Waals surface area contributed by atoms with Gasteiger partial charge >= 0.3 is 11.9 Å². The van der Waals surface area contributed by atoms with Gasteiger partial charge in [-0.15, -0.1) is 0 Å². The molecule has 1 rings (SSSR count). The van der Waals surface area contributed by atoms with E-state index in [1.165, 1.54) is 0 Å². The number of carbonyl (C=O) groups is 2. The fourth-order valence-electron chi connectivity index (χ4n) is 1.15. The van der Waals surface area contributed by atoms with E-state index in [9.17, 15) is 19.7 Å². The van der Waals surface area contributed by atoms with E-state index >= 15 is 0 Å². The van der Waals surface area contributed by atoms with Gasteiger partial charge in [-0.3, -0.25) is 10.1 Å². The molecule has 0 aliphatic rings. The molecule has 0 atom stereocenters. The van der Waals surface area contributed by atoms with Gasteiger partial charge in [-0.05, 0) is 53.9 Å². The lowest BCUT2D eigenvalue weighted by molar-refractivity contribution is -0.384. The van der Waals surface area contributed by atoms with Crippen LogP contribution in [0.15, 0.2) is 18.2 Å². The van der Waals surface area contributed by atoms with Crippen molar-refractivity contribution in [3.8, 4) is 5.75 Å². The van der Waals surface area contributed by atoms with Gasteiger partial charge in [0.15, 0.2) is 0 Å². The van der Waals surface area contributed by atoms with Gasteiger partial charge in [0, 0.05) is 12.1 Å². The lowest BCUT2D eigenvalue weighted by atomic mass is 10.2. The number of carbonyl (C=O) groups excluding carboxylic acids is 2. The fraction of sp³-hybridized carbons (Fsp3) is 0.200. The summed E-state index contributed by atoms with van der Waals surface area (Å²) < 4.78 is 8.12. The predicted octanol–water partition coefficient (Wildman–Crippen LogP) is 3.13. The third-order valence-electron chi connectivity index (χ3n) is 2.01. The van der Waals surface area contributed by atoms with Crippen LogP contribution in [0.5, 0.6) is 5.75 Å². The molecular formula is C10H6Br3NO6. The highest BCUT2D eigenvalue weighted by atomic mass is 80.0. The van der Waals surface area contributed by atoms with Crippen LogP contribution in [-0.2, 0) is 9.53 Å². The average molecular weight is 476 g/mol. The second-order valence-electron chi connectivity index (χ2n) is 3.32. The van der Waals surface area contributed by atoms with E-state index in [4.69, 9.17) is 4.74 Å². The summed E-state index contributed by atoms with van der Waals surface area (Å²) >= 11 is 8.86. The number of benzene rings is 1. The Balaban J connectivity index is 3.22. The zero-order chi connectivity index (χ0) is 15.5. The lowest BCUT2D eigenvalue weighted by Gasteiger charge is -2.13. The van der Waals surface area contributed by atoms with Crippen molar-refractivity contribution in [2.45, 2.75) is 2.14 Å². The molecule has 0 fully saturated rings. The Bertz CT molecular complexity index is 569. The van der Waals surface area contributed by atoms with Crippen LogP contribution in [0.25, 0.3) is 0 Å². The zero-order valence-corrected chi connectivity index (χ0v) is 14.5. The molecule has 108 valence electrons. The van der Waals surface area contributed by atoms with E-state index in [0.717, 1.165) is 25.3 Å². The second-order valence-corrected chi connectivity index (χ2v) is 10.1. The number of alkyl halides is 3. The number of hydrogen-bond donors (Lipinski definition) is 0. The van der Waals surface area contributed by atoms with Crippen molar-refractivity contribution in [2.24, 2.45) is 0 Å². The highest BCUT2D eigenvalue weighted by Crippen LogP contribution is 2.36. The first-order valence-electron chi connectivity index (χ1n) is 4.82. The topological polar surface area (TPSA) is 95.7 Å². The van der Waals surface area contributed by atoms with Crippen LogP contribution in [0.3, 0.4) is 0 Å². The van der Waals surface area contributed by atoms with Crippen LogP contribution in [-0.4, -0.2) is 26.1 Å². The number of rotatable bonds is 3. The van der Waals surface area contributed by atoms with Crippen molar-refractivity contribution in [3.05, 3.63) is 33.9 Å². The summed E-state index contributed by atoms with van der Waals surface area (Å²) in [6.45, 7) is 0. The van der Waals surface area contributed by atoms with Crippen molar-refractivity contribution in [1.29, 1.82) is 0 Å². The number of esters is 2. The van der Waals surface area contributed by atoms with Crippen molar-refractivity contribution in [2.75, 3.05) is 7.11 Å². The molecule has 0 N–H and O–H groups in total. The van der Waals surface area contributed by atoms with Gasteiger partial charge in [0.05, 0.1) is 12.0 Å². The highest BCUT2D eigenvalue weighted by Gasteiger charge is 2.32. The van der Waals surface area contributed by atoms with Crippen molar-refractivity contribution >= 4 is 65.4 Å². The summed E-state index contributed by atoms with van der Waals surface area (Å²) in [7, 11) is 1.11. The predicted molar refractivity (Wildman–Crippen MR) is 79.6 cm³/mol. The first-order valence-corrected chi connectivity index (χ1v) is 7.20. The van der Waals surface area contributed by atoms with Gasteiger partial charge < -0.3 is 9.47 Å². The minimum absolute atomic E-state index is 0.157. The Kier molecular flexibility index (Phi) is 5.66. The number of nitro benzene ring substituents is 1. The maximum absolute atomic E-state index is 11.7. The molecule has 10 heteroatoms. The van der Waals surface area contributed by atoms with Crippen LogP contribution in [0.2, 0.25) is 0 Å². The second kappa shape index (κ2) is 6.64. The van der Waals surface area contributed by atoms with Crippen LogP contribution in [0.4, 0.5) is 5.69 Å². The van der Waals surface area contributed by atoms with Gasteiger partial charge in [0.1, 0.15) is 11.3 Å². The zero-order valence-electron chi connectivity index (χ0n) is 9.76. The number of nitro groups is 1. The van der Waals surface area contributed by atoms with Crippen molar-refractivity contribution in [3.63, 3.8) is 0 Å².